The maximum atomic E-state index is 12.1. The van der Waals surface area contributed by atoms with Gasteiger partial charge >= 0.3 is 5.97 Å². The number of benzene rings is 2. The Morgan fingerprint density at radius 2 is 1.33 bits per heavy atom. The van der Waals surface area contributed by atoms with E-state index in [4.69, 9.17) is 9.47 Å². The molecule has 160 valence electrons. The first-order valence-corrected chi connectivity index (χ1v) is 11.0. The SMILES string of the molecule is COc1ccc(C2(c3ccc(OC(=O)CCCCC(C)=O)cc3)CCCCC2)cc1. The van der Waals surface area contributed by atoms with Gasteiger partial charge in [0.1, 0.15) is 17.3 Å². The standard InChI is InChI=1S/C26H32O4/c1-20(27)8-4-5-9-25(28)30-24-16-12-22(13-17-24)26(18-6-3-7-19-26)21-10-14-23(29-2)15-11-21/h10-17H,3-9,18-19H2,1-2H3. The fourth-order valence-corrected chi connectivity index (χ4v) is 4.48. The lowest BCUT2D eigenvalue weighted by Gasteiger charge is -2.38. The number of hydrogen-bond acceptors (Lipinski definition) is 4. The van der Waals surface area contributed by atoms with E-state index in [-0.39, 0.29) is 17.2 Å². The summed E-state index contributed by atoms with van der Waals surface area (Å²) in [4.78, 5) is 23.0. The molecular formula is C26H32O4. The van der Waals surface area contributed by atoms with Gasteiger partial charge in [-0.2, -0.15) is 0 Å². The van der Waals surface area contributed by atoms with Crippen molar-refractivity contribution in [1.29, 1.82) is 0 Å². The maximum absolute atomic E-state index is 12.1. The first-order chi connectivity index (χ1) is 14.5. The van der Waals surface area contributed by atoms with Gasteiger partial charge in [-0.25, -0.2) is 0 Å². The minimum absolute atomic E-state index is 0.000248. The summed E-state index contributed by atoms with van der Waals surface area (Å²) >= 11 is 0. The van der Waals surface area contributed by atoms with Gasteiger partial charge in [0, 0.05) is 18.3 Å². The van der Waals surface area contributed by atoms with Crippen molar-refractivity contribution < 1.29 is 19.1 Å². The molecule has 1 aliphatic rings. The number of Topliss-reactive ketones (excluding diaryl/α,β-unsaturated/α-hetero) is 1. The largest absolute Gasteiger partial charge is 0.497 e. The Labute approximate surface area is 179 Å². The van der Waals surface area contributed by atoms with Gasteiger partial charge in [-0.15, -0.1) is 0 Å². The van der Waals surface area contributed by atoms with Crippen LogP contribution in [-0.4, -0.2) is 18.9 Å². The monoisotopic (exact) mass is 408 g/mol. The molecule has 0 spiro atoms. The van der Waals surface area contributed by atoms with Crippen molar-refractivity contribution in [3.8, 4) is 11.5 Å². The number of unbranched alkanes of at least 4 members (excludes halogenated alkanes) is 1. The van der Waals surface area contributed by atoms with Crippen LogP contribution in [0, 0.1) is 0 Å². The van der Waals surface area contributed by atoms with Crippen LogP contribution >= 0.6 is 0 Å². The van der Waals surface area contributed by atoms with Crippen LogP contribution in [0.15, 0.2) is 48.5 Å². The molecule has 4 heteroatoms. The van der Waals surface area contributed by atoms with E-state index in [1.165, 1.54) is 30.4 Å². The highest BCUT2D eigenvalue weighted by molar-refractivity contribution is 5.75. The van der Waals surface area contributed by atoms with Crippen molar-refractivity contribution in [2.75, 3.05) is 7.11 Å². The third-order valence-corrected chi connectivity index (χ3v) is 6.15. The lowest BCUT2D eigenvalue weighted by molar-refractivity contribution is -0.134. The molecule has 0 aliphatic heterocycles. The molecule has 0 N–H and O–H groups in total. The van der Waals surface area contributed by atoms with Crippen LogP contribution in [0.4, 0.5) is 0 Å². The fraction of sp³-hybridized carbons (Fsp3) is 0.462. The Kier molecular flexibility index (Phi) is 7.67. The van der Waals surface area contributed by atoms with Crippen molar-refractivity contribution in [2.45, 2.75) is 70.1 Å². The Morgan fingerprint density at radius 3 is 1.87 bits per heavy atom. The molecule has 30 heavy (non-hydrogen) atoms. The average molecular weight is 409 g/mol. The maximum Gasteiger partial charge on any atom is 0.311 e. The number of carbonyl (C=O) groups excluding carboxylic acids is 2. The molecule has 3 rings (SSSR count). The summed E-state index contributed by atoms with van der Waals surface area (Å²) in [6.07, 6.45) is 8.21. The Bertz CT molecular complexity index is 830. The van der Waals surface area contributed by atoms with Crippen LogP contribution in [0.25, 0.3) is 0 Å². The first-order valence-electron chi connectivity index (χ1n) is 11.0. The van der Waals surface area contributed by atoms with Crippen molar-refractivity contribution in [1.82, 2.24) is 0 Å². The molecule has 2 aromatic rings. The topological polar surface area (TPSA) is 52.6 Å². The zero-order valence-corrected chi connectivity index (χ0v) is 18.1. The molecule has 2 aromatic carbocycles. The van der Waals surface area contributed by atoms with E-state index in [0.717, 1.165) is 25.0 Å². The second-order valence-electron chi connectivity index (χ2n) is 8.28. The first kappa shape index (κ1) is 22.1. The third-order valence-electron chi connectivity index (χ3n) is 6.15. The number of methoxy groups -OCH3 is 1. The summed E-state index contributed by atoms with van der Waals surface area (Å²) in [6, 6.07) is 16.5. The van der Waals surface area contributed by atoms with E-state index in [2.05, 4.69) is 24.3 Å². The van der Waals surface area contributed by atoms with E-state index < -0.39 is 0 Å². The quantitative estimate of drug-likeness (QED) is 0.290. The molecule has 0 radical (unpaired) electrons. The Morgan fingerprint density at radius 1 is 0.800 bits per heavy atom. The second kappa shape index (κ2) is 10.4. The summed E-state index contributed by atoms with van der Waals surface area (Å²) < 4.78 is 10.8. The van der Waals surface area contributed by atoms with E-state index in [9.17, 15) is 9.59 Å². The smallest absolute Gasteiger partial charge is 0.311 e. The normalized spacial score (nSPS) is 15.4. The molecule has 1 saturated carbocycles. The predicted octanol–water partition coefficient (Wildman–Crippen LogP) is 6.00. The highest BCUT2D eigenvalue weighted by Crippen LogP contribution is 2.45. The molecule has 1 fully saturated rings. The Hall–Kier alpha value is -2.62. The van der Waals surface area contributed by atoms with Crippen molar-refractivity contribution in [3.05, 3.63) is 59.7 Å². The van der Waals surface area contributed by atoms with Crippen LogP contribution in [0.3, 0.4) is 0 Å². The molecule has 0 atom stereocenters. The summed E-state index contributed by atoms with van der Waals surface area (Å²) in [6.45, 7) is 1.57. The average Bonchev–Trinajstić information content (AvgIpc) is 2.77. The highest BCUT2D eigenvalue weighted by atomic mass is 16.5. The van der Waals surface area contributed by atoms with E-state index >= 15 is 0 Å². The summed E-state index contributed by atoms with van der Waals surface area (Å²) in [5, 5.41) is 0. The molecule has 4 nitrogen and oxygen atoms in total. The predicted molar refractivity (Wildman–Crippen MR) is 118 cm³/mol. The number of hydrogen-bond donors (Lipinski definition) is 0. The molecule has 0 heterocycles. The molecule has 0 amide bonds. The van der Waals surface area contributed by atoms with Crippen LogP contribution in [0.2, 0.25) is 0 Å². The molecule has 0 unspecified atom stereocenters. The minimum atomic E-state index is -0.242. The summed E-state index contributed by atoms with van der Waals surface area (Å²) in [7, 11) is 1.69. The lowest BCUT2D eigenvalue weighted by Crippen LogP contribution is -2.30. The van der Waals surface area contributed by atoms with Gasteiger partial charge in [0.2, 0.25) is 0 Å². The van der Waals surface area contributed by atoms with E-state index in [1.54, 1.807) is 14.0 Å². The number of ether oxygens (including phenoxy) is 2. The fourth-order valence-electron chi connectivity index (χ4n) is 4.48. The number of carbonyl (C=O) groups is 2. The van der Waals surface area contributed by atoms with Gasteiger partial charge in [-0.1, -0.05) is 43.5 Å². The summed E-state index contributed by atoms with van der Waals surface area (Å²) in [5.74, 6) is 1.37. The van der Waals surface area contributed by atoms with Crippen molar-refractivity contribution in [3.63, 3.8) is 0 Å². The lowest BCUT2D eigenvalue weighted by atomic mass is 9.65. The van der Waals surface area contributed by atoms with E-state index in [0.29, 0.717) is 25.0 Å². The third kappa shape index (κ3) is 5.50. The van der Waals surface area contributed by atoms with Crippen LogP contribution in [0.1, 0.15) is 75.8 Å². The Balaban J connectivity index is 1.70. The van der Waals surface area contributed by atoms with Crippen LogP contribution < -0.4 is 9.47 Å². The minimum Gasteiger partial charge on any atom is -0.497 e. The van der Waals surface area contributed by atoms with Gasteiger partial charge < -0.3 is 14.3 Å². The number of ketones is 1. The molecule has 0 saturated heterocycles. The van der Waals surface area contributed by atoms with Gasteiger partial charge in [0.05, 0.1) is 7.11 Å². The van der Waals surface area contributed by atoms with Gasteiger partial charge in [-0.05, 0) is 68.0 Å². The van der Waals surface area contributed by atoms with E-state index in [1.807, 2.05) is 24.3 Å². The molecule has 0 bridgehead atoms. The number of rotatable bonds is 9. The van der Waals surface area contributed by atoms with Gasteiger partial charge in [-0.3, -0.25) is 4.79 Å². The number of esters is 1. The van der Waals surface area contributed by atoms with Crippen LogP contribution in [0.5, 0.6) is 11.5 Å². The van der Waals surface area contributed by atoms with Gasteiger partial charge in [0.25, 0.3) is 0 Å². The van der Waals surface area contributed by atoms with Crippen molar-refractivity contribution >= 4 is 11.8 Å². The molecule has 1 aliphatic carbocycles. The molecule has 0 aromatic heterocycles. The highest BCUT2D eigenvalue weighted by Gasteiger charge is 2.35. The zero-order chi connectivity index (χ0) is 21.4. The van der Waals surface area contributed by atoms with Crippen LogP contribution in [-0.2, 0) is 15.0 Å². The zero-order valence-electron chi connectivity index (χ0n) is 18.1. The summed E-state index contributed by atoms with van der Waals surface area (Å²) in [5.41, 5.74) is 2.59. The van der Waals surface area contributed by atoms with Gasteiger partial charge in [0.15, 0.2) is 0 Å². The molecular weight excluding hydrogens is 376 g/mol. The van der Waals surface area contributed by atoms with Crippen molar-refractivity contribution in [2.24, 2.45) is 0 Å². The second-order valence-corrected chi connectivity index (χ2v) is 8.28.